The van der Waals surface area contributed by atoms with Gasteiger partial charge < -0.3 is 10.2 Å². The van der Waals surface area contributed by atoms with Crippen LogP contribution in [0, 0.1) is 11.3 Å². The summed E-state index contributed by atoms with van der Waals surface area (Å²) < 4.78 is 0. The molecule has 0 unspecified atom stereocenters. The molecule has 1 aliphatic rings. The molecule has 0 radical (unpaired) electrons. The molecule has 0 saturated carbocycles. The summed E-state index contributed by atoms with van der Waals surface area (Å²) in [6, 6.07) is 11.8. The van der Waals surface area contributed by atoms with E-state index in [4.69, 9.17) is 16.9 Å². The van der Waals surface area contributed by atoms with Gasteiger partial charge in [-0.3, -0.25) is 0 Å². The molecule has 7 heteroatoms. The molecule has 6 nitrogen and oxygen atoms in total. The molecule has 3 aromatic rings. The van der Waals surface area contributed by atoms with Gasteiger partial charge in [-0.05, 0) is 43.2 Å². The first-order valence-corrected chi connectivity index (χ1v) is 8.88. The Hall–Kier alpha value is -2.91. The predicted molar refractivity (Wildman–Crippen MR) is 102 cm³/mol. The van der Waals surface area contributed by atoms with Crippen molar-refractivity contribution in [3.63, 3.8) is 0 Å². The van der Waals surface area contributed by atoms with Crippen molar-refractivity contribution in [1.82, 2.24) is 15.0 Å². The van der Waals surface area contributed by atoms with Crippen LogP contribution in [0.1, 0.15) is 18.4 Å². The quantitative estimate of drug-likeness (QED) is 0.764. The van der Waals surface area contributed by atoms with Crippen LogP contribution < -0.4 is 10.2 Å². The zero-order valence-electron chi connectivity index (χ0n) is 14.1. The van der Waals surface area contributed by atoms with Gasteiger partial charge in [-0.1, -0.05) is 11.6 Å². The SMILES string of the molecule is N#Cc1ccc(N2CCC(Nc3ncnc4cc(Cl)ccc34)CC2)nc1. The standard InChI is InChI=1S/C19H17ClN6/c20-14-2-3-16-17(9-14)23-12-24-19(16)25-15-5-7-26(8-6-15)18-4-1-13(10-21)11-22-18/h1-4,9,11-12,15H,5-8H2,(H,23,24,25). The van der Waals surface area contributed by atoms with E-state index in [2.05, 4.69) is 31.2 Å². The summed E-state index contributed by atoms with van der Waals surface area (Å²) in [6.07, 6.45) is 5.16. The number of nitrogens with one attached hydrogen (secondary N) is 1. The van der Waals surface area contributed by atoms with E-state index in [0.717, 1.165) is 48.5 Å². The average Bonchev–Trinajstić information content (AvgIpc) is 2.69. The molecule has 0 bridgehead atoms. The first-order valence-electron chi connectivity index (χ1n) is 8.51. The van der Waals surface area contributed by atoms with Gasteiger partial charge in [0, 0.05) is 35.7 Å². The number of pyridine rings is 1. The van der Waals surface area contributed by atoms with E-state index in [9.17, 15) is 0 Å². The maximum absolute atomic E-state index is 8.87. The van der Waals surface area contributed by atoms with Crippen LogP contribution in [-0.2, 0) is 0 Å². The van der Waals surface area contributed by atoms with Gasteiger partial charge >= 0.3 is 0 Å². The molecular formula is C19H17ClN6. The van der Waals surface area contributed by atoms with Crippen molar-refractivity contribution >= 4 is 34.1 Å². The van der Waals surface area contributed by atoms with Gasteiger partial charge in [-0.2, -0.15) is 5.26 Å². The van der Waals surface area contributed by atoms with Gasteiger partial charge in [0.05, 0.1) is 11.1 Å². The molecule has 4 rings (SSSR count). The lowest BCUT2D eigenvalue weighted by molar-refractivity contribution is 0.523. The highest BCUT2D eigenvalue weighted by Crippen LogP contribution is 2.25. The van der Waals surface area contributed by atoms with E-state index in [1.54, 1.807) is 12.5 Å². The number of fused-ring (bicyclic) bond motifs is 1. The third-order valence-electron chi connectivity index (χ3n) is 4.64. The monoisotopic (exact) mass is 364 g/mol. The third kappa shape index (κ3) is 3.39. The number of aromatic nitrogens is 3. The van der Waals surface area contributed by atoms with Crippen LogP contribution in [0.25, 0.3) is 10.9 Å². The lowest BCUT2D eigenvalue weighted by atomic mass is 10.0. The summed E-state index contributed by atoms with van der Waals surface area (Å²) in [5.74, 6) is 1.77. The number of halogens is 1. The van der Waals surface area contributed by atoms with Crippen LogP contribution in [0.4, 0.5) is 11.6 Å². The second kappa shape index (κ2) is 7.14. The molecule has 0 atom stereocenters. The van der Waals surface area contributed by atoms with Crippen LogP contribution >= 0.6 is 11.6 Å². The largest absolute Gasteiger partial charge is 0.367 e. The molecule has 1 aromatic carbocycles. The van der Waals surface area contributed by atoms with Crippen molar-refractivity contribution in [2.75, 3.05) is 23.3 Å². The predicted octanol–water partition coefficient (Wildman–Crippen LogP) is 3.63. The van der Waals surface area contributed by atoms with Crippen molar-refractivity contribution in [2.45, 2.75) is 18.9 Å². The van der Waals surface area contributed by atoms with Crippen molar-refractivity contribution in [1.29, 1.82) is 5.26 Å². The van der Waals surface area contributed by atoms with E-state index in [-0.39, 0.29) is 0 Å². The molecule has 0 aliphatic carbocycles. The molecule has 1 N–H and O–H groups in total. The fourth-order valence-electron chi connectivity index (χ4n) is 3.23. The van der Waals surface area contributed by atoms with Crippen molar-refractivity contribution in [3.05, 3.63) is 53.4 Å². The van der Waals surface area contributed by atoms with Crippen molar-refractivity contribution in [3.8, 4) is 6.07 Å². The molecule has 0 spiro atoms. The number of hydrogen-bond acceptors (Lipinski definition) is 6. The van der Waals surface area contributed by atoms with Gasteiger partial charge in [-0.25, -0.2) is 15.0 Å². The number of hydrogen-bond donors (Lipinski definition) is 1. The van der Waals surface area contributed by atoms with E-state index in [0.29, 0.717) is 16.6 Å². The Kier molecular flexibility index (Phi) is 4.55. The molecular weight excluding hydrogens is 348 g/mol. The molecule has 130 valence electrons. The number of nitrogens with zero attached hydrogens (tertiary/aromatic N) is 5. The number of benzene rings is 1. The Balaban J connectivity index is 1.43. The summed E-state index contributed by atoms with van der Waals surface area (Å²) in [5.41, 5.74) is 1.43. The van der Waals surface area contributed by atoms with Crippen LogP contribution in [0.5, 0.6) is 0 Å². The number of rotatable bonds is 3. The Morgan fingerprint density at radius 2 is 1.96 bits per heavy atom. The van der Waals surface area contributed by atoms with E-state index >= 15 is 0 Å². The van der Waals surface area contributed by atoms with Crippen molar-refractivity contribution in [2.24, 2.45) is 0 Å². The topological polar surface area (TPSA) is 77.7 Å². The van der Waals surface area contributed by atoms with Gasteiger partial charge in [0.25, 0.3) is 0 Å². The molecule has 26 heavy (non-hydrogen) atoms. The van der Waals surface area contributed by atoms with Crippen LogP contribution in [0.3, 0.4) is 0 Å². The number of piperidine rings is 1. The highest BCUT2D eigenvalue weighted by atomic mass is 35.5. The normalized spacial score (nSPS) is 15.0. The summed E-state index contributed by atoms with van der Waals surface area (Å²) in [7, 11) is 0. The zero-order chi connectivity index (χ0) is 17.9. The first-order chi connectivity index (χ1) is 12.7. The molecule has 1 aliphatic heterocycles. The van der Waals surface area contributed by atoms with Crippen LogP contribution in [0.2, 0.25) is 5.02 Å². The smallest absolute Gasteiger partial charge is 0.137 e. The summed E-state index contributed by atoms with van der Waals surface area (Å²) >= 11 is 6.05. The third-order valence-corrected chi connectivity index (χ3v) is 4.87. The fourth-order valence-corrected chi connectivity index (χ4v) is 3.40. The number of anilines is 2. The molecule has 1 saturated heterocycles. The van der Waals surface area contributed by atoms with Crippen molar-refractivity contribution < 1.29 is 0 Å². The van der Waals surface area contributed by atoms with Gasteiger partial charge in [0.1, 0.15) is 24.0 Å². The van der Waals surface area contributed by atoms with Crippen LogP contribution in [-0.4, -0.2) is 34.1 Å². The van der Waals surface area contributed by atoms with E-state index < -0.39 is 0 Å². The maximum atomic E-state index is 8.87. The highest BCUT2D eigenvalue weighted by Gasteiger charge is 2.21. The highest BCUT2D eigenvalue weighted by molar-refractivity contribution is 6.31. The lowest BCUT2D eigenvalue weighted by Gasteiger charge is -2.33. The molecule has 2 aromatic heterocycles. The molecule has 1 fully saturated rings. The molecule has 3 heterocycles. The zero-order valence-corrected chi connectivity index (χ0v) is 14.8. The minimum absolute atomic E-state index is 0.346. The molecule has 0 amide bonds. The Labute approximate surface area is 156 Å². The summed E-state index contributed by atoms with van der Waals surface area (Å²) in [5, 5.41) is 14.1. The summed E-state index contributed by atoms with van der Waals surface area (Å²) in [4.78, 5) is 15.3. The van der Waals surface area contributed by atoms with E-state index in [1.165, 1.54) is 0 Å². The van der Waals surface area contributed by atoms with Crippen LogP contribution in [0.15, 0.2) is 42.9 Å². The first kappa shape index (κ1) is 16.6. The summed E-state index contributed by atoms with van der Waals surface area (Å²) in [6.45, 7) is 1.82. The average molecular weight is 365 g/mol. The Morgan fingerprint density at radius 1 is 1.12 bits per heavy atom. The van der Waals surface area contributed by atoms with Gasteiger partial charge in [0.2, 0.25) is 0 Å². The number of nitriles is 1. The van der Waals surface area contributed by atoms with E-state index in [1.807, 2.05) is 30.3 Å². The fraction of sp³-hybridized carbons (Fsp3) is 0.263. The van der Waals surface area contributed by atoms with Gasteiger partial charge in [-0.15, -0.1) is 0 Å². The minimum Gasteiger partial charge on any atom is -0.367 e. The second-order valence-electron chi connectivity index (χ2n) is 6.31. The Bertz CT molecular complexity index is 958. The lowest BCUT2D eigenvalue weighted by Crippen LogP contribution is -2.39. The second-order valence-corrected chi connectivity index (χ2v) is 6.74. The Morgan fingerprint density at radius 3 is 2.69 bits per heavy atom. The van der Waals surface area contributed by atoms with Gasteiger partial charge in [0.15, 0.2) is 0 Å². The minimum atomic E-state index is 0.346. The maximum Gasteiger partial charge on any atom is 0.137 e.